The van der Waals surface area contributed by atoms with Crippen molar-refractivity contribution in [2.24, 2.45) is 0 Å². The van der Waals surface area contributed by atoms with Gasteiger partial charge in [-0.25, -0.2) is 4.98 Å². The normalized spacial score (nSPS) is 17.1. The van der Waals surface area contributed by atoms with Gasteiger partial charge in [-0.1, -0.05) is 19.3 Å². The first-order valence-electron chi connectivity index (χ1n) is 7.58. The van der Waals surface area contributed by atoms with E-state index in [1.54, 1.807) is 0 Å². The van der Waals surface area contributed by atoms with Crippen LogP contribution in [0, 0.1) is 6.92 Å². The number of aromatic nitrogens is 2. The van der Waals surface area contributed by atoms with Crippen LogP contribution in [0.25, 0.3) is 0 Å². The zero-order chi connectivity index (χ0) is 13.7. The second kappa shape index (κ2) is 6.94. The highest BCUT2D eigenvalue weighted by Gasteiger charge is 2.13. The SMILES string of the molecule is Cc1cn(C(C)C)c(NCCOC2CCCCC2)n1. The molecule has 0 unspecified atom stereocenters. The van der Waals surface area contributed by atoms with E-state index in [0.29, 0.717) is 12.1 Å². The van der Waals surface area contributed by atoms with Crippen molar-refractivity contribution in [1.82, 2.24) is 9.55 Å². The van der Waals surface area contributed by atoms with E-state index in [2.05, 4.69) is 34.9 Å². The molecule has 4 nitrogen and oxygen atoms in total. The zero-order valence-electron chi connectivity index (χ0n) is 12.5. The van der Waals surface area contributed by atoms with Gasteiger partial charge < -0.3 is 14.6 Å². The first kappa shape index (κ1) is 14.4. The summed E-state index contributed by atoms with van der Waals surface area (Å²) in [6, 6.07) is 0.433. The molecule has 2 rings (SSSR count). The fourth-order valence-electron chi connectivity index (χ4n) is 2.66. The summed E-state index contributed by atoms with van der Waals surface area (Å²) >= 11 is 0. The van der Waals surface area contributed by atoms with Gasteiger partial charge in [-0.3, -0.25) is 0 Å². The van der Waals surface area contributed by atoms with Crippen LogP contribution in [0.15, 0.2) is 6.20 Å². The van der Waals surface area contributed by atoms with Crippen LogP contribution in [0.5, 0.6) is 0 Å². The molecule has 0 spiro atoms. The van der Waals surface area contributed by atoms with E-state index in [1.165, 1.54) is 32.1 Å². The monoisotopic (exact) mass is 265 g/mol. The third kappa shape index (κ3) is 4.23. The van der Waals surface area contributed by atoms with Crippen LogP contribution in [0.4, 0.5) is 5.95 Å². The van der Waals surface area contributed by atoms with E-state index in [0.717, 1.165) is 24.8 Å². The molecule has 0 radical (unpaired) electrons. The lowest BCUT2D eigenvalue weighted by Crippen LogP contribution is -2.21. The first-order chi connectivity index (χ1) is 9.16. The minimum atomic E-state index is 0.433. The summed E-state index contributed by atoms with van der Waals surface area (Å²) in [4.78, 5) is 4.51. The Morgan fingerprint density at radius 3 is 2.79 bits per heavy atom. The smallest absolute Gasteiger partial charge is 0.203 e. The predicted octanol–water partition coefficient (Wildman–Crippen LogP) is 3.53. The molecule has 1 heterocycles. The number of nitrogens with one attached hydrogen (secondary N) is 1. The molecule has 19 heavy (non-hydrogen) atoms. The highest BCUT2D eigenvalue weighted by atomic mass is 16.5. The Bertz CT molecular complexity index is 381. The Kier molecular flexibility index (Phi) is 5.25. The summed E-state index contributed by atoms with van der Waals surface area (Å²) < 4.78 is 8.09. The minimum Gasteiger partial charge on any atom is -0.376 e. The molecular weight excluding hydrogens is 238 g/mol. The van der Waals surface area contributed by atoms with Crippen molar-refractivity contribution in [1.29, 1.82) is 0 Å². The molecule has 0 aliphatic heterocycles. The van der Waals surface area contributed by atoms with Gasteiger partial charge in [-0.05, 0) is 33.6 Å². The second-order valence-electron chi connectivity index (χ2n) is 5.76. The fourth-order valence-corrected chi connectivity index (χ4v) is 2.66. The molecule has 1 aliphatic rings. The number of hydrogen-bond acceptors (Lipinski definition) is 3. The summed E-state index contributed by atoms with van der Waals surface area (Å²) in [5.41, 5.74) is 1.06. The largest absolute Gasteiger partial charge is 0.376 e. The van der Waals surface area contributed by atoms with Gasteiger partial charge in [0.25, 0.3) is 0 Å². The molecule has 0 amide bonds. The van der Waals surface area contributed by atoms with Crippen molar-refractivity contribution in [3.05, 3.63) is 11.9 Å². The summed E-state index contributed by atoms with van der Waals surface area (Å²) in [6.07, 6.45) is 9.09. The molecule has 0 saturated heterocycles. The van der Waals surface area contributed by atoms with E-state index < -0.39 is 0 Å². The van der Waals surface area contributed by atoms with Gasteiger partial charge in [-0.2, -0.15) is 0 Å². The second-order valence-corrected chi connectivity index (χ2v) is 5.76. The molecule has 1 N–H and O–H groups in total. The van der Waals surface area contributed by atoms with E-state index in [1.807, 2.05) is 6.92 Å². The van der Waals surface area contributed by atoms with E-state index in [4.69, 9.17) is 4.74 Å². The number of rotatable bonds is 6. The van der Waals surface area contributed by atoms with Crippen LogP contribution in [0.1, 0.15) is 57.7 Å². The van der Waals surface area contributed by atoms with Crippen molar-refractivity contribution in [2.75, 3.05) is 18.5 Å². The molecule has 108 valence electrons. The number of hydrogen-bond donors (Lipinski definition) is 1. The maximum absolute atomic E-state index is 5.91. The topological polar surface area (TPSA) is 39.1 Å². The summed E-state index contributed by atoms with van der Waals surface area (Å²) in [6.45, 7) is 7.98. The molecular formula is C15H27N3O. The van der Waals surface area contributed by atoms with Gasteiger partial charge in [0.15, 0.2) is 0 Å². The third-order valence-corrected chi connectivity index (χ3v) is 3.70. The van der Waals surface area contributed by atoms with Crippen LogP contribution in [-0.4, -0.2) is 28.8 Å². The van der Waals surface area contributed by atoms with Crippen molar-refractivity contribution >= 4 is 5.95 Å². The Morgan fingerprint density at radius 2 is 2.11 bits per heavy atom. The third-order valence-electron chi connectivity index (χ3n) is 3.70. The van der Waals surface area contributed by atoms with Crippen LogP contribution in [0.2, 0.25) is 0 Å². The van der Waals surface area contributed by atoms with Crippen molar-refractivity contribution in [3.63, 3.8) is 0 Å². The maximum atomic E-state index is 5.91. The quantitative estimate of drug-likeness (QED) is 0.800. The molecule has 0 bridgehead atoms. The molecule has 0 atom stereocenters. The molecule has 4 heteroatoms. The van der Waals surface area contributed by atoms with E-state index in [9.17, 15) is 0 Å². The minimum absolute atomic E-state index is 0.433. The average molecular weight is 265 g/mol. The first-order valence-corrected chi connectivity index (χ1v) is 7.58. The van der Waals surface area contributed by atoms with Gasteiger partial charge in [0, 0.05) is 18.8 Å². The number of ether oxygens (including phenoxy) is 1. The molecule has 1 fully saturated rings. The van der Waals surface area contributed by atoms with Crippen LogP contribution >= 0.6 is 0 Å². The van der Waals surface area contributed by atoms with Gasteiger partial charge >= 0.3 is 0 Å². The van der Waals surface area contributed by atoms with Crippen LogP contribution in [-0.2, 0) is 4.74 Å². The lowest BCUT2D eigenvalue weighted by Gasteiger charge is -2.22. The lowest BCUT2D eigenvalue weighted by atomic mass is 9.98. The van der Waals surface area contributed by atoms with Gasteiger partial charge in [-0.15, -0.1) is 0 Å². The Labute approximate surface area is 116 Å². The van der Waals surface area contributed by atoms with Gasteiger partial charge in [0.2, 0.25) is 5.95 Å². The predicted molar refractivity (Wildman–Crippen MR) is 78.7 cm³/mol. The summed E-state index contributed by atoms with van der Waals surface area (Å²) in [5.74, 6) is 0.958. The molecule has 1 aliphatic carbocycles. The zero-order valence-corrected chi connectivity index (χ0v) is 12.5. The number of imidazole rings is 1. The summed E-state index contributed by atoms with van der Waals surface area (Å²) in [5, 5.41) is 3.38. The number of anilines is 1. The Balaban J connectivity index is 1.73. The fraction of sp³-hybridized carbons (Fsp3) is 0.800. The highest BCUT2D eigenvalue weighted by molar-refractivity contribution is 5.29. The molecule has 1 aromatic heterocycles. The van der Waals surface area contributed by atoms with Crippen LogP contribution < -0.4 is 5.32 Å². The Morgan fingerprint density at radius 1 is 1.37 bits per heavy atom. The summed E-state index contributed by atoms with van der Waals surface area (Å²) in [7, 11) is 0. The Hall–Kier alpha value is -1.03. The highest BCUT2D eigenvalue weighted by Crippen LogP contribution is 2.20. The standard InChI is InChI=1S/C15H27N3O/c1-12(2)18-11-13(3)17-15(18)16-9-10-19-14-7-5-4-6-8-14/h11-12,14H,4-10H2,1-3H3,(H,16,17). The van der Waals surface area contributed by atoms with E-state index in [-0.39, 0.29) is 0 Å². The molecule has 0 aromatic carbocycles. The number of nitrogens with zero attached hydrogens (tertiary/aromatic N) is 2. The number of aryl methyl sites for hydroxylation is 1. The average Bonchev–Trinajstić information content (AvgIpc) is 2.77. The lowest BCUT2D eigenvalue weighted by molar-refractivity contribution is 0.0347. The van der Waals surface area contributed by atoms with Crippen molar-refractivity contribution < 1.29 is 4.74 Å². The van der Waals surface area contributed by atoms with Crippen LogP contribution in [0.3, 0.4) is 0 Å². The van der Waals surface area contributed by atoms with Gasteiger partial charge in [0.05, 0.1) is 18.4 Å². The molecule has 1 aromatic rings. The van der Waals surface area contributed by atoms with Gasteiger partial charge in [0.1, 0.15) is 0 Å². The maximum Gasteiger partial charge on any atom is 0.203 e. The van der Waals surface area contributed by atoms with Crippen molar-refractivity contribution in [2.45, 2.75) is 65.0 Å². The van der Waals surface area contributed by atoms with E-state index >= 15 is 0 Å². The molecule has 1 saturated carbocycles. The van der Waals surface area contributed by atoms with Crippen molar-refractivity contribution in [3.8, 4) is 0 Å².